The van der Waals surface area contributed by atoms with Gasteiger partial charge in [0.05, 0.1) is 19.0 Å². The van der Waals surface area contributed by atoms with Gasteiger partial charge >= 0.3 is 59.7 Å². The van der Waals surface area contributed by atoms with Crippen LogP contribution in [0.1, 0.15) is 224 Å². The highest BCUT2D eigenvalue weighted by Gasteiger charge is 2.58. The van der Waals surface area contributed by atoms with Crippen LogP contribution in [0, 0.1) is 29.1 Å². The Morgan fingerprint density at radius 2 is 0.754 bits per heavy atom. The van der Waals surface area contributed by atoms with Crippen LogP contribution in [0.25, 0.3) is 0 Å². The average molecular weight is 2040 g/mol. The fourth-order valence-electron chi connectivity index (χ4n) is 15.0. The van der Waals surface area contributed by atoms with Crippen molar-refractivity contribution in [2.45, 2.75) is 322 Å². The number of unbranched alkanes of at least 4 members (excludes halogenated alkanes) is 7. The molecule has 1 aromatic rings. The lowest BCUT2D eigenvalue weighted by atomic mass is 9.95. The Kier molecular flexibility index (Phi) is 56.4. The van der Waals surface area contributed by atoms with Crippen molar-refractivity contribution in [1.82, 2.24) is 58.1 Å². The summed E-state index contributed by atoms with van der Waals surface area (Å²) in [5, 5.41) is 27.3. The molecule has 3 aliphatic heterocycles. The zero-order valence-corrected chi connectivity index (χ0v) is 81.7. The number of nitrogens with one attached hydrogen (secondary N) is 10. The predicted octanol–water partition coefficient (Wildman–Crippen LogP) is 1.33. The number of esters is 10. The second kappa shape index (κ2) is 65.4. The Hall–Kier alpha value is -11.8. The van der Waals surface area contributed by atoms with Crippen LogP contribution in [0.4, 0.5) is 22.0 Å². The molecule has 3 fully saturated rings. The van der Waals surface area contributed by atoms with E-state index in [9.17, 15) is 118 Å². The van der Waals surface area contributed by atoms with Crippen molar-refractivity contribution in [3.63, 3.8) is 0 Å². The maximum absolute atomic E-state index is 14.8. The Morgan fingerprint density at radius 3 is 1.15 bits per heavy atom. The summed E-state index contributed by atoms with van der Waals surface area (Å²) in [5.74, 6) is -29.5. The molecule has 800 valence electrons. The third-order valence-corrected chi connectivity index (χ3v) is 21.1. The van der Waals surface area contributed by atoms with E-state index in [-0.39, 0.29) is 161 Å². The molecule has 1 aromatic carbocycles. The summed E-state index contributed by atoms with van der Waals surface area (Å²) in [5.41, 5.74) is 0. The van der Waals surface area contributed by atoms with Crippen molar-refractivity contribution >= 4 is 119 Å². The van der Waals surface area contributed by atoms with Crippen molar-refractivity contribution in [2.24, 2.45) is 0 Å². The summed E-state index contributed by atoms with van der Waals surface area (Å²) in [6.07, 6.45) is -11.9. The Labute approximate surface area is 816 Å². The Balaban J connectivity index is 1.49. The molecule has 3 heterocycles. The van der Waals surface area contributed by atoms with Gasteiger partial charge in [-0.15, -0.1) is 0 Å². The standard InChI is InChI=1S/C90H134F5N11O36/c1-50(108)103-78-83(135-58(9)116)80(133-56(7)114)64(48-131-54(5)112)138-87(78)127-41-21-13-16-29-67(120)98-36-25-35-96-66(46-107)106(45-71(124)101-39-26-37-99-68(121)30-17-14-22-42-128-88-79(104-51(2)109)84(136-59(10)117)81(134-57(8)115)65(139-88)49-132-55(6)113)63(28-19-20-34-97-70(123)32-24-33-72(125)140-82-76(94)74(92)73(91)75(93)77(82)95)86(126)102-40-27-38-100-69(122)31-18-15-23-43-129-89-85(105-52(3)110)90(141-60(11)118,142-61(12)119)44-62(137-89)47-130-53(4)111/h46,62-66,78-81,83-85,87-89,96H,13-45,47-49H2,1-12H3,(H,97,123)(H,98,120)(H,99,121)(H,100,122)(H,101,124)(H,102,126)(H,103,108)(H,104,109)(H,105,110). The SMILES string of the molecule is CC(=O)NC1C(OCCCCCC(=O)NCCCNC(=O)CN(C(C=O)NCCCNC(=O)CCCCCOC2OC(COC(C)=O)C(OC(C)=O)C(OC(C)=O)C2NC(C)=O)C(CCCCNC(=O)CCCC(=O)Oc2c(F)c(F)c(F)c(F)c2F)C(=O)NCCCNC(=O)CCCCCOC2OC(COC(C)=O)CC(OC(C)=O)(OC(C)=O)C2NC(C)=O)OC(COC(C)=O)C(OC(C)=O)C1OC(C)=O. The Bertz CT molecular complexity index is 4350. The molecule has 0 saturated carbocycles. The molecule has 3 aliphatic rings. The number of amides is 9. The normalized spacial score (nSPS) is 20.4. The summed E-state index contributed by atoms with van der Waals surface area (Å²) >= 11 is 0. The molecule has 15 unspecified atom stereocenters. The third-order valence-electron chi connectivity index (χ3n) is 21.1. The van der Waals surface area contributed by atoms with Crippen LogP contribution in [-0.4, -0.2) is 314 Å². The molecule has 47 nitrogen and oxygen atoms in total. The number of aldehydes is 1. The number of ether oxygens (including phenoxy) is 16. The zero-order valence-electron chi connectivity index (χ0n) is 81.7. The molecule has 0 spiro atoms. The van der Waals surface area contributed by atoms with Crippen LogP contribution in [0.3, 0.4) is 0 Å². The topological polar surface area (TPSA) is 613 Å². The third kappa shape index (κ3) is 46.5. The lowest BCUT2D eigenvalue weighted by Crippen LogP contribution is -2.68. The van der Waals surface area contributed by atoms with Crippen LogP contribution in [0.2, 0.25) is 0 Å². The predicted molar refractivity (Wildman–Crippen MR) is 475 cm³/mol. The first-order chi connectivity index (χ1) is 67.3. The molecule has 15 atom stereocenters. The van der Waals surface area contributed by atoms with Gasteiger partial charge in [-0.3, -0.25) is 101 Å². The van der Waals surface area contributed by atoms with Gasteiger partial charge < -0.3 is 128 Å². The van der Waals surface area contributed by atoms with Crippen molar-refractivity contribution in [3.05, 3.63) is 29.1 Å². The van der Waals surface area contributed by atoms with Crippen molar-refractivity contribution in [2.75, 3.05) is 92.0 Å². The van der Waals surface area contributed by atoms with Gasteiger partial charge in [0.2, 0.25) is 88.0 Å². The minimum absolute atomic E-state index is 0.0108. The average Bonchev–Trinajstić information content (AvgIpc) is 0.764. The number of rotatable bonds is 65. The van der Waals surface area contributed by atoms with Gasteiger partial charge in [-0.2, -0.15) is 8.78 Å². The summed E-state index contributed by atoms with van der Waals surface area (Å²) in [6, 6.07) is -5.16. The van der Waals surface area contributed by atoms with Gasteiger partial charge in [-0.25, -0.2) is 13.2 Å². The van der Waals surface area contributed by atoms with Gasteiger partial charge in [0.15, 0.2) is 55.6 Å². The van der Waals surface area contributed by atoms with E-state index >= 15 is 0 Å². The maximum atomic E-state index is 14.8. The molecule has 4 rings (SSSR count). The van der Waals surface area contributed by atoms with Crippen LogP contribution in [-0.2, 0) is 167 Å². The zero-order chi connectivity index (χ0) is 106. The number of hydrogen-bond acceptors (Lipinski definition) is 38. The smallest absolute Gasteiger partial charge is 0.311 e. The van der Waals surface area contributed by atoms with Gasteiger partial charge in [0, 0.05) is 174 Å². The van der Waals surface area contributed by atoms with E-state index in [1.807, 2.05) is 0 Å². The molecule has 0 bridgehead atoms. The molecular weight excluding hydrogens is 1910 g/mol. The quantitative estimate of drug-likeness (QED) is 0.00506. The lowest BCUT2D eigenvalue weighted by Gasteiger charge is -2.47. The van der Waals surface area contributed by atoms with E-state index in [4.69, 9.17) is 71.1 Å². The lowest BCUT2D eigenvalue weighted by molar-refractivity contribution is -0.323. The van der Waals surface area contributed by atoms with Gasteiger partial charge in [0.1, 0.15) is 56.4 Å². The highest BCUT2D eigenvalue weighted by molar-refractivity contribution is 5.85. The van der Waals surface area contributed by atoms with Crippen molar-refractivity contribution in [3.8, 4) is 5.75 Å². The van der Waals surface area contributed by atoms with Crippen molar-refractivity contribution < 1.29 is 194 Å². The minimum Gasteiger partial charge on any atom is -0.463 e. The van der Waals surface area contributed by atoms with Gasteiger partial charge in [0.25, 0.3) is 5.79 Å². The second-order valence-corrected chi connectivity index (χ2v) is 33.3. The summed E-state index contributed by atoms with van der Waals surface area (Å²) < 4.78 is 159. The summed E-state index contributed by atoms with van der Waals surface area (Å²) in [6.45, 7) is 11.2. The van der Waals surface area contributed by atoms with Crippen LogP contribution in [0.15, 0.2) is 0 Å². The van der Waals surface area contributed by atoms with Gasteiger partial charge in [-0.05, 0) is 90.0 Å². The largest absolute Gasteiger partial charge is 0.463 e. The first kappa shape index (κ1) is 122. The van der Waals surface area contributed by atoms with Crippen molar-refractivity contribution in [1.29, 1.82) is 0 Å². The fraction of sp³-hybridized carbons (Fsp3) is 0.711. The number of hydrogen-bond donors (Lipinski definition) is 10. The molecular formula is C90H134F5N11O36. The van der Waals surface area contributed by atoms with E-state index in [2.05, 4.69) is 57.9 Å². The maximum Gasteiger partial charge on any atom is 0.311 e. The molecule has 9 amide bonds. The fourth-order valence-corrected chi connectivity index (χ4v) is 15.0. The number of nitrogens with zero attached hydrogens (tertiary/aromatic N) is 1. The molecule has 10 N–H and O–H groups in total. The molecule has 52 heteroatoms. The summed E-state index contributed by atoms with van der Waals surface area (Å²) in [4.78, 5) is 255. The summed E-state index contributed by atoms with van der Waals surface area (Å²) in [7, 11) is 0. The highest BCUT2D eigenvalue weighted by Crippen LogP contribution is 2.37. The Morgan fingerprint density at radius 1 is 0.380 bits per heavy atom. The number of halogens is 5. The number of carbonyl (C=O) groups is 20. The number of carbonyl (C=O) groups excluding carboxylic acids is 20. The van der Waals surface area contributed by atoms with Crippen LogP contribution < -0.4 is 57.9 Å². The minimum atomic E-state index is -2.48. The van der Waals surface area contributed by atoms with E-state index in [0.717, 1.165) is 69.2 Å². The molecule has 142 heavy (non-hydrogen) atoms. The number of benzene rings is 1. The van der Waals surface area contributed by atoms with Crippen LogP contribution >= 0.6 is 0 Å². The molecule has 0 aromatic heterocycles. The van der Waals surface area contributed by atoms with E-state index in [1.54, 1.807) is 0 Å². The molecule has 0 aliphatic carbocycles. The molecule has 0 radical (unpaired) electrons. The first-order valence-electron chi connectivity index (χ1n) is 46.6. The van der Waals surface area contributed by atoms with E-state index < -0.39 is 260 Å². The second-order valence-electron chi connectivity index (χ2n) is 33.3. The molecule has 3 saturated heterocycles. The first-order valence-corrected chi connectivity index (χ1v) is 46.6. The van der Waals surface area contributed by atoms with Crippen LogP contribution in [0.5, 0.6) is 5.75 Å². The highest BCUT2D eigenvalue weighted by atomic mass is 19.2. The van der Waals surface area contributed by atoms with E-state index in [0.29, 0.717) is 64.1 Å². The van der Waals surface area contributed by atoms with Gasteiger partial charge in [-0.1, -0.05) is 19.3 Å². The monoisotopic (exact) mass is 2040 g/mol. The van der Waals surface area contributed by atoms with E-state index in [1.165, 1.54) is 18.7 Å².